The van der Waals surface area contributed by atoms with E-state index in [0.717, 1.165) is 0 Å². The normalized spacial score (nSPS) is 22.1. The third-order valence-corrected chi connectivity index (χ3v) is 2.51. The number of aliphatic hydroxyl groups is 1. The molecule has 0 radical (unpaired) electrons. The Balaban J connectivity index is 2.87. The molecule has 1 rings (SSSR count). The molecule has 20 heavy (non-hydrogen) atoms. The lowest BCUT2D eigenvalue weighted by atomic mass is 10.1. The van der Waals surface area contributed by atoms with Crippen LogP contribution in [0.2, 0.25) is 0 Å². The summed E-state index contributed by atoms with van der Waals surface area (Å²) >= 11 is 0. The number of hydrogen-bond donors (Lipinski definition) is 3. The van der Waals surface area contributed by atoms with E-state index in [0.29, 0.717) is 0 Å². The number of carboxylic acid groups (broad SMARTS) is 1. The summed E-state index contributed by atoms with van der Waals surface area (Å²) in [6.07, 6.45) is 9.06. The highest BCUT2D eigenvalue weighted by atomic mass is 16.4. The number of Topliss-reactive ketones (excluding diaryl/α,β-unsaturated/α-hetero) is 1. The van der Waals surface area contributed by atoms with Crippen molar-refractivity contribution in [2.45, 2.75) is 19.4 Å². The Morgan fingerprint density at radius 2 is 1.85 bits per heavy atom. The standard InChI is InChI=1S/C14H15NO5/c1-2-3-4-5-6-7-10(16)12-13(19)9(8-11(17)18)15-14(12)20/h2-7,9,16H,8H2,1H3,(H,15,20)(H,17,18)/b3-2+,5-4+,7-6+,12-10?. The van der Waals surface area contributed by atoms with Crippen LogP contribution >= 0.6 is 0 Å². The molecule has 0 aromatic heterocycles. The van der Waals surface area contributed by atoms with E-state index in [1.807, 2.05) is 13.0 Å². The van der Waals surface area contributed by atoms with E-state index in [1.54, 1.807) is 18.2 Å². The molecule has 1 aliphatic rings. The first-order valence-corrected chi connectivity index (χ1v) is 5.93. The summed E-state index contributed by atoms with van der Waals surface area (Å²) < 4.78 is 0. The van der Waals surface area contributed by atoms with Crippen molar-refractivity contribution in [2.75, 3.05) is 0 Å². The van der Waals surface area contributed by atoms with Gasteiger partial charge in [0, 0.05) is 0 Å². The second-order valence-corrected chi connectivity index (χ2v) is 4.02. The molecule has 0 aromatic carbocycles. The van der Waals surface area contributed by atoms with Crippen molar-refractivity contribution in [1.82, 2.24) is 5.32 Å². The van der Waals surface area contributed by atoms with Crippen molar-refractivity contribution in [3.8, 4) is 0 Å². The summed E-state index contributed by atoms with van der Waals surface area (Å²) in [5, 5.41) is 20.6. The Labute approximate surface area is 115 Å². The SMILES string of the molecule is C/C=C/C=C/C=C/C(O)=C1C(=O)NC(CC(=O)O)C1=O. The maximum Gasteiger partial charge on any atom is 0.305 e. The van der Waals surface area contributed by atoms with Gasteiger partial charge in [-0.3, -0.25) is 14.4 Å². The molecule has 0 spiro atoms. The van der Waals surface area contributed by atoms with Gasteiger partial charge in [-0.1, -0.05) is 30.4 Å². The molecule has 1 saturated heterocycles. The van der Waals surface area contributed by atoms with E-state index in [2.05, 4.69) is 5.32 Å². The summed E-state index contributed by atoms with van der Waals surface area (Å²) in [6, 6.07) is -1.12. The van der Waals surface area contributed by atoms with E-state index in [9.17, 15) is 19.5 Å². The highest BCUT2D eigenvalue weighted by Crippen LogP contribution is 2.16. The molecule has 1 unspecified atom stereocenters. The molecule has 0 saturated carbocycles. The van der Waals surface area contributed by atoms with Crippen LogP contribution in [0.15, 0.2) is 47.8 Å². The molecule has 1 fully saturated rings. The molecule has 1 aliphatic heterocycles. The van der Waals surface area contributed by atoms with Crippen LogP contribution in [0.5, 0.6) is 0 Å². The van der Waals surface area contributed by atoms with Gasteiger partial charge in [0.05, 0.1) is 6.42 Å². The first-order valence-electron chi connectivity index (χ1n) is 5.93. The number of hydrogen-bond acceptors (Lipinski definition) is 4. The van der Waals surface area contributed by atoms with Crippen LogP contribution in [-0.4, -0.2) is 33.9 Å². The van der Waals surface area contributed by atoms with E-state index in [-0.39, 0.29) is 0 Å². The first kappa shape index (κ1) is 15.4. The van der Waals surface area contributed by atoms with Crippen molar-refractivity contribution in [2.24, 2.45) is 0 Å². The lowest BCUT2D eigenvalue weighted by Gasteiger charge is -2.02. The predicted molar refractivity (Wildman–Crippen MR) is 71.9 cm³/mol. The number of carboxylic acids is 1. The molecule has 6 heteroatoms. The number of nitrogens with one attached hydrogen (secondary N) is 1. The molecule has 106 valence electrons. The Bertz CT molecular complexity index is 540. The van der Waals surface area contributed by atoms with Crippen molar-refractivity contribution >= 4 is 17.7 Å². The smallest absolute Gasteiger partial charge is 0.305 e. The fraction of sp³-hybridized carbons (Fsp3) is 0.214. The third-order valence-electron chi connectivity index (χ3n) is 2.51. The average molecular weight is 277 g/mol. The van der Waals surface area contributed by atoms with E-state index < -0.39 is 41.5 Å². The van der Waals surface area contributed by atoms with Crippen LogP contribution in [0.25, 0.3) is 0 Å². The Hall–Kier alpha value is -2.63. The lowest BCUT2D eigenvalue weighted by Crippen LogP contribution is -2.31. The maximum atomic E-state index is 11.8. The highest BCUT2D eigenvalue weighted by Gasteiger charge is 2.38. The first-order chi connectivity index (χ1) is 9.47. The monoisotopic (exact) mass is 277 g/mol. The summed E-state index contributed by atoms with van der Waals surface area (Å²) in [6.45, 7) is 1.84. The number of amides is 1. The minimum absolute atomic E-state index is 0.410. The highest BCUT2D eigenvalue weighted by molar-refractivity contribution is 6.27. The van der Waals surface area contributed by atoms with Gasteiger partial charge in [0.15, 0.2) is 5.78 Å². The van der Waals surface area contributed by atoms with E-state index >= 15 is 0 Å². The number of rotatable bonds is 5. The minimum atomic E-state index is -1.20. The van der Waals surface area contributed by atoms with Gasteiger partial charge in [-0.2, -0.15) is 0 Å². The summed E-state index contributed by atoms with van der Waals surface area (Å²) in [5.74, 6) is -3.16. The number of carbonyl (C=O) groups excluding carboxylic acids is 2. The number of aliphatic carboxylic acids is 1. The fourth-order valence-electron chi connectivity index (χ4n) is 1.61. The van der Waals surface area contributed by atoms with Gasteiger partial charge >= 0.3 is 5.97 Å². The van der Waals surface area contributed by atoms with Crippen molar-refractivity contribution in [1.29, 1.82) is 0 Å². The molecule has 0 aromatic rings. The summed E-state index contributed by atoms with van der Waals surface area (Å²) in [7, 11) is 0. The van der Waals surface area contributed by atoms with Gasteiger partial charge in [-0.25, -0.2) is 0 Å². The second-order valence-electron chi connectivity index (χ2n) is 4.02. The molecule has 0 aliphatic carbocycles. The number of aliphatic hydroxyl groups excluding tert-OH is 1. The molecule has 0 bridgehead atoms. The Morgan fingerprint density at radius 1 is 1.20 bits per heavy atom. The topological polar surface area (TPSA) is 104 Å². The summed E-state index contributed by atoms with van der Waals surface area (Å²) in [4.78, 5) is 33.9. The molecule has 6 nitrogen and oxygen atoms in total. The zero-order valence-electron chi connectivity index (χ0n) is 10.9. The molecular formula is C14H15NO5. The van der Waals surface area contributed by atoms with Gasteiger partial charge in [0.2, 0.25) is 0 Å². The van der Waals surface area contributed by atoms with Crippen molar-refractivity contribution < 1.29 is 24.6 Å². The molecular weight excluding hydrogens is 262 g/mol. The molecule has 1 heterocycles. The van der Waals surface area contributed by atoms with Gasteiger partial charge in [-0.05, 0) is 13.0 Å². The minimum Gasteiger partial charge on any atom is -0.507 e. The average Bonchev–Trinajstić information content (AvgIpc) is 2.63. The van der Waals surface area contributed by atoms with Crippen LogP contribution in [0.4, 0.5) is 0 Å². The lowest BCUT2D eigenvalue weighted by molar-refractivity contribution is -0.138. The summed E-state index contributed by atoms with van der Waals surface area (Å²) in [5.41, 5.74) is -0.410. The number of allylic oxidation sites excluding steroid dienone is 6. The second kappa shape index (κ2) is 7.08. The Kier molecular flexibility index (Phi) is 5.46. The van der Waals surface area contributed by atoms with Gasteiger partial charge in [0.1, 0.15) is 17.4 Å². The third kappa shape index (κ3) is 3.94. The van der Waals surface area contributed by atoms with Crippen LogP contribution in [-0.2, 0) is 14.4 Å². The molecule has 1 atom stereocenters. The fourth-order valence-corrected chi connectivity index (χ4v) is 1.61. The van der Waals surface area contributed by atoms with E-state index in [4.69, 9.17) is 5.11 Å². The van der Waals surface area contributed by atoms with Crippen molar-refractivity contribution in [3.05, 3.63) is 47.8 Å². The van der Waals surface area contributed by atoms with E-state index in [1.165, 1.54) is 12.2 Å². The van der Waals surface area contributed by atoms with Crippen LogP contribution in [0.1, 0.15) is 13.3 Å². The number of ketones is 1. The number of carbonyl (C=O) groups is 3. The molecule has 1 amide bonds. The quantitative estimate of drug-likeness (QED) is 0.301. The zero-order chi connectivity index (χ0) is 15.1. The van der Waals surface area contributed by atoms with Gasteiger partial charge in [0.25, 0.3) is 5.91 Å². The zero-order valence-corrected chi connectivity index (χ0v) is 10.9. The van der Waals surface area contributed by atoms with Crippen molar-refractivity contribution in [3.63, 3.8) is 0 Å². The van der Waals surface area contributed by atoms with Gasteiger partial charge < -0.3 is 15.5 Å². The largest absolute Gasteiger partial charge is 0.507 e. The van der Waals surface area contributed by atoms with Crippen LogP contribution in [0, 0.1) is 0 Å². The van der Waals surface area contributed by atoms with Gasteiger partial charge in [-0.15, -0.1) is 0 Å². The molecule has 3 N–H and O–H groups in total. The van der Waals surface area contributed by atoms with Crippen LogP contribution < -0.4 is 5.32 Å². The maximum absolute atomic E-state index is 11.8. The Morgan fingerprint density at radius 3 is 2.45 bits per heavy atom. The van der Waals surface area contributed by atoms with Crippen LogP contribution in [0.3, 0.4) is 0 Å². The predicted octanol–water partition coefficient (Wildman–Crippen LogP) is 1.03.